The van der Waals surface area contributed by atoms with Crippen molar-refractivity contribution >= 4 is 34.7 Å². The first-order valence-corrected chi connectivity index (χ1v) is 10.7. The van der Waals surface area contributed by atoms with Gasteiger partial charge in [-0.3, -0.25) is 19.3 Å². The third-order valence-electron chi connectivity index (χ3n) is 5.02. The van der Waals surface area contributed by atoms with Gasteiger partial charge in [0.25, 0.3) is 11.8 Å². The van der Waals surface area contributed by atoms with Crippen molar-refractivity contribution in [2.24, 2.45) is 0 Å². The van der Waals surface area contributed by atoms with E-state index >= 15 is 0 Å². The molecule has 0 saturated heterocycles. The van der Waals surface area contributed by atoms with E-state index < -0.39 is 17.7 Å². The standard InChI is InChI=1S/C23H16N4O4S/c28-19(13-27-22(29)15-7-2-3-8-16(15)23(27)30)24-17-9-4-1-6-14(17)12-20-25-21(26-31-20)18-10-5-11-32-18/h1-11H,12-13H2,(H,24,28). The number of nitrogens with zero attached hydrogens (tertiary/aromatic N) is 3. The average Bonchev–Trinajstić information content (AvgIpc) is 3.54. The maximum atomic E-state index is 12.7. The lowest BCUT2D eigenvalue weighted by molar-refractivity contribution is -0.116. The molecule has 8 nitrogen and oxygen atoms in total. The van der Waals surface area contributed by atoms with Crippen molar-refractivity contribution in [3.63, 3.8) is 0 Å². The van der Waals surface area contributed by atoms with E-state index in [4.69, 9.17) is 4.52 Å². The SMILES string of the molecule is O=C(CN1C(=O)c2ccccc2C1=O)Nc1ccccc1Cc1nc(-c2cccs2)no1. The van der Waals surface area contributed by atoms with Gasteiger partial charge in [0.05, 0.1) is 22.4 Å². The van der Waals surface area contributed by atoms with E-state index in [9.17, 15) is 14.4 Å². The topological polar surface area (TPSA) is 105 Å². The van der Waals surface area contributed by atoms with Crippen molar-refractivity contribution in [1.29, 1.82) is 0 Å². The van der Waals surface area contributed by atoms with Crippen LogP contribution in [0.5, 0.6) is 0 Å². The second kappa shape index (κ2) is 8.20. The molecule has 0 aliphatic carbocycles. The molecule has 3 heterocycles. The van der Waals surface area contributed by atoms with Gasteiger partial charge in [-0.2, -0.15) is 4.98 Å². The first-order valence-electron chi connectivity index (χ1n) is 9.79. The minimum atomic E-state index is -0.475. The molecule has 3 amide bonds. The van der Waals surface area contributed by atoms with Crippen LogP contribution >= 0.6 is 11.3 Å². The summed E-state index contributed by atoms with van der Waals surface area (Å²) in [6.07, 6.45) is 0.321. The number of fused-ring (bicyclic) bond motifs is 1. The summed E-state index contributed by atoms with van der Waals surface area (Å²) in [6, 6.07) is 17.6. The highest BCUT2D eigenvalue weighted by molar-refractivity contribution is 7.13. The number of thiophene rings is 1. The molecule has 0 atom stereocenters. The molecule has 2 aromatic carbocycles. The molecule has 0 bridgehead atoms. The molecule has 158 valence electrons. The molecule has 0 spiro atoms. The summed E-state index contributed by atoms with van der Waals surface area (Å²) in [5, 5.41) is 8.73. The van der Waals surface area contributed by atoms with Crippen molar-refractivity contribution in [3.8, 4) is 10.7 Å². The van der Waals surface area contributed by atoms with Crippen LogP contribution < -0.4 is 5.32 Å². The van der Waals surface area contributed by atoms with Crippen LogP contribution in [0, 0.1) is 0 Å². The van der Waals surface area contributed by atoms with E-state index in [1.54, 1.807) is 36.4 Å². The van der Waals surface area contributed by atoms with Gasteiger partial charge in [-0.15, -0.1) is 11.3 Å². The van der Waals surface area contributed by atoms with Gasteiger partial charge in [0.2, 0.25) is 17.6 Å². The number of para-hydroxylation sites is 1. The van der Waals surface area contributed by atoms with Crippen LogP contribution in [0.25, 0.3) is 10.7 Å². The maximum Gasteiger partial charge on any atom is 0.262 e. The fourth-order valence-corrected chi connectivity index (χ4v) is 4.16. The summed E-state index contributed by atoms with van der Waals surface area (Å²) in [5.74, 6) is -0.489. The predicted octanol–water partition coefficient (Wildman–Crippen LogP) is 3.62. The molecule has 1 N–H and O–H groups in total. The van der Waals surface area contributed by atoms with E-state index in [2.05, 4.69) is 15.5 Å². The summed E-state index contributed by atoms with van der Waals surface area (Å²) in [6.45, 7) is -0.371. The van der Waals surface area contributed by atoms with Crippen LogP contribution in [0.3, 0.4) is 0 Å². The van der Waals surface area contributed by atoms with Gasteiger partial charge in [0.15, 0.2) is 0 Å². The lowest BCUT2D eigenvalue weighted by Gasteiger charge is -2.15. The quantitative estimate of drug-likeness (QED) is 0.456. The van der Waals surface area contributed by atoms with Crippen LogP contribution in [0.1, 0.15) is 32.2 Å². The fraction of sp³-hybridized carbons (Fsp3) is 0.0870. The molecule has 32 heavy (non-hydrogen) atoms. The smallest absolute Gasteiger partial charge is 0.262 e. The third-order valence-corrected chi connectivity index (χ3v) is 5.89. The van der Waals surface area contributed by atoms with E-state index in [0.717, 1.165) is 15.3 Å². The number of carbonyl (C=O) groups is 3. The number of amides is 3. The lowest BCUT2D eigenvalue weighted by atomic mass is 10.1. The molecular weight excluding hydrogens is 428 g/mol. The number of rotatable bonds is 6. The van der Waals surface area contributed by atoms with Crippen LogP contribution in [-0.4, -0.2) is 39.3 Å². The van der Waals surface area contributed by atoms with Crippen molar-refractivity contribution in [2.45, 2.75) is 6.42 Å². The Labute approximate surface area is 186 Å². The Morgan fingerprint density at radius 2 is 1.69 bits per heavy atom. The van der Waals surface area contributed by atoms with Crippen molar-refractivity contribution in [3.05, 3.63) is 88.6 Å². The second-order valence-electron chi connectivity index (χ2n) is 7.11. The van der Waals surface area contributed by atoms with E-state index in [1.165, 1.54) is 11.3 Å². The minimum absolute atomic E-state index is 0.309. The Bertz CT molecular complexity index is 1290. The molecule has 1 aliphatic rings. The van der Waals surface area contributed by atoms with Gasteiger partial charge < -0.3 is 9.84 Å². The molecule has 4 aromatic rings. The largest absolute Gasteiger partial charge is 0.339 e. The summed E-state index contributed by atoms with van der Waals surface area (Å²) >= 11 is 1.52. The normalized spacial score (nSPS) is 12.8. The molecule has 1 aliphatic heterocycles. The number of hydrogen-bond donors (Lipinski definition) is 1. The fourth-order valence-electron chi connectivity index (χ4n) is 3.51. The summed E-state index contributed by atoms with van der Waals surface area (Å²) < 4.78 is 5.36. The number of aromatic nitrogens is 2. The third kappa shape index (κ3) is 3.69. The van der Waals surface area contributed by atoms with Gasteiger partial charge in [0, 0.05) is 5.69 Å². The highest BCUT2D eigenvalue weighted by Crippen LogP contribution is 2.25. The molecular formula is C23H16N4O4S. The van der Waals surface area contributed by atoms with Crippen molar-refractivity contribution in [1.82, 2.24) is 15.0 Å². The first-order chi connectivity index (χ1) is 15.6. The number of imide groups is 1. The molecule has 0 saturated carbocycles. The van der Waals surface area contributed by atoms with Crippen LogP contribution in [-0.2, 0) is 11.2 Å². The van der Waals surface area contributed by atoms with E-state index in [1.807, 2.05) is 29.6 Å². The number of nitrogens with one attached hydrogen (secondary N) is 1. The zero-order valence-electron chi connectivity index (χ0n) is 16.6. The van der Waals surface area contributed by atoms with Crippen LogP contribution in [0.2, 0.25) is 0 Å². The summed E-state index contributed by atoms with van der Waals surface area (Å²) in [4.78, 5) is 43.9. The van der Waals surface area contributed by atoms with Gasteiger partial charge in [-0.1, -0.05) is 41.6 Å². The molecule has 0 radical (unpaired) electrons. The van der Waals surface area contributed by atoms with Crippen molar-refractivity contribution in [2.75, 3.05) is 11.9 Å². The average molecular weight is 444 g/mol. The number of anilines is 1. The van der Waals surface area contributed by atoms with Gasteiger partial charge in [0.1, 0.15) is 6.54 Å². The Balaban J connectivity index is 1.29. The Hall–Kier alpha value is -4.11. The number of carbonyl (C=O) groups excluding carboxylic acids is 3. The highest BCUT2D eigenvalue weighted by atomic mass is 32.1. The molecule has 0 fully saturated rings. The monoisotopic (exact) mass is 444 g/mol. The molecule has 5 rings (SSSR count). The molecule has 2 aromatic heterocycles. The first kappa shape index (κ1) is 19.8. The Morgan fingerprint density at radius 1 is 0.969 bits per heavy atom. The molecule has 9 heteroatoms. The summed E-state index contributed by atoms with van der Waals surface area (Å²) in [7, 11) is 0. The Morgan fingerprint density at radius 3 is 2.41 bits per heavy atom. The Kier molecular flexibility index (Phi) is 5.08. The van der Waals surface area contributed by atoms with Crippen LogP contribution in [0.15, 0.2) is 70.6 Å². The van der Waals surface area contributed by atoms with Gasteiger partial charge in [-0.05, 0) is 35.2 Å². The lowest BCUT2D eigenvalue weighted by Crippen LogP contribution is -2.37. The number of benzene rings is 2. The van der Waals surface area contributed by atoms with Crippen molar-refractivity contribution < 1.29 is 18.9 Å². The van der Waals surface area contributed by atoms with E-state index in [-0.39, 0.29) is 6.54 Å². The molecule has 0 unspecified atom stereocenters. The van der Waals surface area contributed by atoms with Crippen LogP contribution in [0.4, 0.5) is 5.69 Å². The zero-order valence-corrected chi connectivity index (χ0v) is 17.5. The predicted molar refractivity (Wildman–Crippen MR) is 117 cm³/mol. The maximum absolute atomic E-state index is 12.7. The highest BCUT2D eigenvalue weighted by Gasteiger charge is 2.36. The number of hydrogen-bond acceptors (Lipinski definition) is 7. The van der Waals surface area contributed by atoms with E-state index in [0.29, 0.717) is 35.0 Å². The van der Waals surface area contributed by atoms with Gasteiger partial charge in [-0.25, -0.2) is 0 Å². The zero-order chi connectivity index (χ0) is 22.1. The minimum Gasteiger partial charge on any atom is -0.339 e. The van der Waals surface area contributed by atoms with Gasteiger partial charge >= 0.3 is 0 Å². The summed E-state index contributed by atoms with van der Waals surface area (Å²) in [5.41, 5.74) is 1.93. The second-order valence-corrected chi connectivity index (χ2v) is 8.06.